The molecule has 0 saturated carbocycles. The molecule has 5 nitrogen and oxygen atoms in total. The topological polar surface area (TPSA) is 59.8 Å². The SMILES string of the molecule is Cc1cc(NC(=O)C(C)C)n(-c2nc(-c3ccccc3)cs2)n1. The number of nitrogens with one attached hydrogen (secondary N) is 1. The maximum absolute atomic E-state index is 12.0. The molecule has 0 aliphatic heterocycles. The number of nitrogens with zero attached hydrogens (tertiary/aromatic N) is 3. The van der Waals surface area contributed by atoms with Gasteiger partial charge in [-0.15, -0.1) is 11.3 Å². The van der Waals surface area contributed by atoms with Crippen LogP contribution in [0, 0.1) is 12.8 Å². The van der Waals surface area contributed by atoms with Crippen LogP contribution in [-0.4, -0.2) is 20.7 Å². The summed E-state index contributed by atoms with van der Waals surface area (Å²) >= 11 is 1.50. The Morgan fingerprint density at radius 2 is 2.00 bits per heavy atom. The van der Waals surface area contributed by atoms with Crippen LogP contribution in [0.15, 0.2) is 41.8 Å². The smallest absolute Gasteiger partial charge is 0.228 e. The van der Waals surface area contributed by atoms with Crippen molar-refractivity contribution in [1.29, 1.82) is 0 Å². The third kappa shape index (κ3) is 3.32. The number of aromatic nitrogens is 3. The molecule has 3 aromatic rings. The van der Waals surface area contributed by atoms with Crippen LogP contribution in [0.5, 0.6) is 0 Å². The molecule has 0 radical (unpaired) electrons. The Hall–Kier alpha value is -2.47. The van der Waals surface area contributed by atoms with Crippen LogP contribution < -0.4 is 5.32 Å². The van der Waals surface area contributed by atoms with Gasteiger partial charge < -0.3 is 5.32 Å². The zero-order chi connectivity index (χ0) is 16.4. The van der Waals surface area contributed by atoms with Crippen LogP contribution in [0.2, 0.25) is 0 Å². The lowest BCUT2D eigenvalue weighted by atomic mass is 10.2. The van der Waals surface area contributed by atoms with E-state index in [1.54, 1.807) is 4.68 Å². The molecule has 6 heteroatoms. The minimum absolute atomic E-state index is 0.0361. The van der Waals surface area contributed by atoms with Crippen molar-refractivity contribution in [1.82, 2.24) is 14.8 Å². The number of aryl methyl sites for hydroxylation is 1. The van der Waals surface area contributed by atoms with Gasteiger partial charge in [0.25, 0.3) is 0 Å². The number of carbonyl (C=O) groups is 1. The van der Waals surface area contributed by atoms with Crippen molar-refractivity contribution in [3.05, 3.63) is 47.5 Å². The molecule has 0 saturated heterocycles. The molecule has 0 fully saturated rings. The van der Waals surface area contributed by atoms with Gasteiger partial charge in [0.2, 0.25) is 11.0 Å². The summed E-state index contributed by atoms with van der Waals surface area (Å²) in [5, 5.41) is 10.1. The summed E-state index contributed by atoms with van der Waals surface area (Å²) in [5.41, 5.74) is 2.80. The Kier molecular flexibility index (Phi) is 4.25. The van der Waals surface area contributed by atoms with E-state index in [4.69, 9.17) is 0 Å². The van der Waals surface area contributed by atoms with Gasteiger partial charge >= 0.3 is 0 Å². The van der Waals surface area contributed by atoms with E-state index in [0.717, 1.165) is 22.1 Å². The maximum Gasteiger partial charge on any atom is 0.228 e. The molecule has 23 heavy (non-hydrogen) atoms. The monoisotopic (exact) mass is 326 g/mol. The van der Waals surface area contributed by atoms with E-state index in [-0.39, 0.29) is 11.8 Å². The largest absolute Gasteiger partial charge is 0.310 e. The van der Waals surface area contributed by atoms with Gasteiger partial charge in [0.1, 0.15) is 5.82 Å². The molecule has 3 rings (SSSR count). The fraction of sp³-hybridized carbons (Fsp3) is 0.235. The first-order valence-electron chi connectivity index (χ1n) is 7.43. The quantitative estimate of drug-likeness (QED) is 0.791. The summed E-state index contributed by atoms with van der Waals surface area (Å²) in [5.74, 6) is 0.524. The van der Waals surface area contributed by atoms with Crippen LogP contribution in [0.4, 0.5) is 5.82 Å². The molecule has 1 amide bonds. The first kappa shape index (κ1) is 15.4. The summed E-state index contributed by atoms with van der Waals surface area (Å²) in [6.07, 6.45) is 0. The van der Waals surface area contributed by atoms with Gasteiger partial charge in [0, 0.05) is 22.9 Å². The Morgan fingerprint density at radius 3 is 2.70 bits per heavy atom. The number of carbonyl (C=O) groups excluding carboxylic acids is 1. The molecule has 0 atom stereocenters. The molecule has 0 unspecified atom stereocenters. The average Bonchev–Trinajstić information content (AvgIpc) is 3.14. The minimum atomic E-state index is -0.0881. The molecule has 0 aliphatic carbocycles. The van der Waals surface area contributed by atoms with Crippen molar-refractivity contribution >= 4 is 23.1 Å². The van der Waals surface area contributed by atoms with E-state index >= 15 is 0 Å². The van der Waals surface area contributed by atoms with Crippen molar-refractivity contribution in [2.45, 2.75) is 20.8 Å². The highest BCUT2D eigenvalue weighted by Crippen LogP contribution is 2.26. The van der Waals surface area contributed by atoms with E-state index in [9.17, 15) is 4.79 Å². The van der Waals surface area contributed by atoms with Crippen molar-refractivity contribution in [2.75, 3.05) is 5.32 Å². The lowest BCUT2D eigenvalue weighted by Gasteiger charge is -2.08. The second-order valence-electron chi connectivity index (χ2n) is 5.61. The van der Waals surface area contributed by atoms with Crippen LogP contribution in [-0.2, 0) is 4.79 Å². The number of hydrogen-bond acceptors (Lipinski definition) is 4. The molecule has 2 aromatic heterocycles. The van der Waals surface area contributed by atoms with E-state index in [2.05, 4.69) is 15.4 Å². The highest BCUT2D eigenvalue weighted by molar-refractivity contribution is 7.12. The van der Waals surface area contributed by atoms with Gasteiger partial charge in [0.15, 0.2) is 0 Å². The van der Waals surface area contributed by atoms with E-state index in [1.165, 1.54) is 11.3 Å². The van der Waals surface area contributed by atoms with Gasteiger partial charge in [-0.2, -0.15) is 9.78 Å². The third-order valence-electron chi connectivity index (χ3n) is 3.35. The lowest BCUT2D eigenvalue weighted by Crippen LogP contribution is -2.19. The normalized spacial score (nSPS) is 11.0. The Labute approximate surface area is 139 Å². The second-order valence-corrected chi connectivity index (χ2v) is 6.44. The molecule has 118 valence electrons. The molecular weight excluding hydrogens is 308 g/mol. The second kappa shape index (κ2) is 6.34. The Bertz CT molecular complexity index is 820. The maximum atomic E-state index is 12.0. The van der Waals surface area contributed by atoms with Gasteiger partial charge in [-0.1, -0.05) is 44.2 Å². The zero-order valence-corrected chi connectivity index (χ0v) is 14.1. The van der Waals surface area contributed by atoms with E-state index in [0.29, 0.717) is 5.82 Å². The highest BCUT2D eigenvalue weighted by atomic mass is 32.1. The minimum Gasteiger partial charge on any atom is -0.310 e. The Balaban J connectivity index is 1.94. The molecule has 2 heterocycles. The van der Waals surface area contributed by atoms with Gasteiger partial charge in [-0.05, 0) is 6.92 Å². The van der Waals surface area contributed by atoms with E-state index < -0.39 is 0 Å². The van der Waals surface area contributed by atoms with Crippen molar-refractivity contribution < 1.29 is 4.79 Å². The predicted molar refractivity (Wildman–Crippen MR) is 92.9 cm³/mol. The molecule has 1 aromatic carbocycles. The van der Waals surface area contributed by atoms with Crippen LogP contribution in [0.1, 0.15) is 19.5 Å². The van der Waals surface area contributed by atoms with Gasteiger partial charge in [-0.3, -0.25) is 4.79 Å². The Morgan fingerprint density at radius 1 is 1.26 bits per heavy atom. The lowest BCUT2D eigenvalue weighted by molar-refractivity contribution is -0.118. The summed E-state index contributed by atoms with van der Waals surface area (Å²) in [6, 6.07) is 11.8. The first-order chi connectivity index (χ1) is 11.0. The molecule has 0 aliphatic rings. The van der Waals surface area contributed by atoms with Crippen molar-refractivity contribution in [2.24, 2.45) is 5.92 Å². The van der Waals surface area contributed by atoms with Gasteiger partial charge in [0.05, 0.1) is 11.4 Å². The number of hydrogen-bond donors (Lipinski definition) is 1. The summed E-state index contributed by atoms with van der Waals surface area (Å²) in [7, 11) is 0. The van der Waals surface area contributed by atoms with Crippen LogP contribution in [0.3, 0.4) is 0 Å². The number of thiazole rings is 1. The summed E-state index contributed by atoms with van der Waals surface area (Å²) in [4.78, 5) is 16.6. The molecular formula is C17H18N4OS. The van der Waals surface area contributed by atoms with E-state index in [1.807, 2.05) is 62.5 Å². The molecule has 1 N–H and O–H groups in total. The predicted octanol–water partition coefficient (Wildman–Crippen LogP) is 3.90. The molecule has 0 bridgehead atoms. The first-order valence-corrected chi connectivity index (χ1v) is 8.31. The number of benzene rings is 1. The zero-order valence-electron chi connectivity index (χ0n) is 13.3. The number of rotatable bonds is 4. The standard InChI is InChI=1S/C17H18N4OS/c1-11(2)16(22)19-15-9-12(3)20-21(15)17-18-14(10-23-17)13-7-5-4-6-8-13/h4-11H,1-3H3,(H,19,22). The summed E-state index contributed by atoms with van der Waals surface area (Å²) < 4.78 is 1.69. The van der Waals surface area contributed by atoms with Crippen molar-refractivity contribution in [3.8, 4) is 16.4 Å². The third-order valence-corrected chi connectivity index (χ3v) is 4.17. The summed E-state index contributed by atoms with van der Waals surface area (Å²) in [6.45, 7) is 5.62. The molecule has 0 spiro atoms. The van der Waals surface area contributed by atoms with Crippen molar-refractivity contribution in [3.63, 3.8) is 0 Å². The van der Waals surface area contributed by atoms with Crippen LogP contribution in [0.25, 0.3) is 16.4 Å². The van der Waals surface area contributed by atoms with Crippen LogP contribution >= 0.6 is 11.3 Å². The highest BCUT2D eigenvalue weighted by Gasteiger charge is 2.15. The van der Waals surface area contributed by atoms with Gasteiger partial charge in [-0.25, -0.2) is 4.98 Å². The number of anilines is 1. The average molecular weight is 326 g/mol. The fourth-order valence-electron chi connectivity index (χ4n) is 2.11. The number of amides is 1. The fourth-order valence-corrected chi connectivity index (χ4v) is 2.90.